The van der Waals surface area contributed by atoms with Crippen molar-refractivity contribution in [3.63, 3.8) is 0 Å². The zero-order valence-corrected chi connectivity index (χ0v) is 18.8. The number of nitrogens with zero attached hydrogens (tertiary/aromatic N) is 1. The highest BCUT2D eigenvalue weighted by Crippen LogP contribution is 2.35. The molecule has 32 heavy (non-hydrogen) atoms. The van der Waals surface area contributed by atoms with Crippen LogP contribution in [-0.4, -0.2) is 11.6 Å². The molecule has 3 aromatic rings. The van der Waals surface area contributed by atoms with Crippen LogP contribution in [0.15, 0.2) is 85.5 Å². The Morgan fingerprint density at radius 3 is 2.44 bits per heavy atom. The minimum Gasteiger partial charge on any atom is -0.490 e. The molecule has 164 valence electrons. The quantitative estimate of drug-likeness (QED) is 0.228. The van der Waals surface area contributed by atoms with E-state index in [1.807, 2.05) is 60.7 Å². The van der Waals surface area contributed by atoms with Gasteiger partial charge in [-0.1, -0.05) is 68.3 Å². The highest BCUT2D eigenvalue weighted by molar-refractivity contribution is 5.38. The van der Waals surface area contributed by atoms with Crippen molar-refractivity contribution < 1.29 is 9.47 Å². The number of hydrogen-bond acceptors (Lipinski definition) is 3. The molecule has 0 fully saturated rings. The number of rotatable bonds is 12. The Morgan fingerprint density at radius 1 is 0.969 bits per heavy atom. The Bertz CT molecular complexity index is 1020. The third kappa shape index (κ3) is 6.25. The van der Waals surface area contributed by atoms with Crippen molar-refractivity contribution in [1.82, 2.24) is 4.98 Å². The number of hydrogen-bond donors (Lipinski definition) is 0. The second kappa shape index (κ2) is 11.8. The van der Waals surface area contributed by atoms with Gasteiger partial charge in [-0.25, -0.2) is 4.98 Å². The number of aryl methyl sites for hydroxylation is 1. The number of para-hydroxylation sites is 1. The van der Waals surface area contributed by atoms with Crippen molar-refractivity contribution in [2.45, 2.75) is 44.4 Å². The Labute approximate surface area is 192 Å². The Hall–Kier alpha value is -3.51. The first-order valence-corrected chi connectivity index (χ1v) is 11.2. The van der Waals surface area contributed by atoms with Gasteiger partial charge in [-0.3, -0.25) is 0 Å². The predicted molar refractivity (Wildman–Crippen MR) is 131 cm³/mol. The Morgan fingerprint density at radius 2 is 1.75 bits per heavy atom. The van der Waals surface area contributed by atoms with E-state index in [-0.39, 0.29) is 5.41 Å². The van der Waals surface area contributed by atoms with E-state index in [1.165, 1.54) is 5.56 Å². The summed E-state index contributed by atoms with van der Waals surface area (Å²) < 4.78 is 11.5. The number of aromatic nitrogens is 1. The fourth-order valence-corrected chi connectivity index (χ4v) is 3.93. The van der Waals surface area contributed by atoms with Gasteiger partial charge in [-0.15, -0.1) is 6.42 Å². The molecule has 3 rings (SSSR count). The van der Waals surface area contributed by atoms with Gasteiger partial charge in [0, 0.05) is 11.8 Å². The van der Waals surface area contributed by atoms with Crippen LogP contribution in [0.5, 0.6) is 17.4 Å². The molecule has 0 aliphatic carbocycles. The van der Waals surface area contributed by atoms with Crippen LogP contribution in [-0.2, 0) is 11.8 Å². The van der Waals surface area contributed by atoms with Crippen molar-refractivity contribution in [3.8, 4) is 29.7 Å². The number of ether oxygens (including phenoxy) is 2. The lowest BCUT2D eigenvalue weighted by molar-refractivity contribution is 0.362. The third-order valence-corrected chi connectivity index (χ3v) is 5.51. The van der Waals surface area contributed by atoms with Gasteiger partial charge in [0.2, 0.25) is 5.88 Å². The van der Waals surface area contributed by atoms with Crippen LogP contribution in [0.1, 0.15) is 43.9 Å². The lowest BCUT2D eigenvalue weighted by Crippen LogP contribution is -2.24. The van der Waals surface area contributed by atoms with Gasteiger partial charge < -0.3 is 9.47 Å². The molecule has 2 aromatic carbocycles. The minimum absolute atomic E-state index is 0.288. The van der Waals surface area contributed by atoms with E-state index < -0.39 is 0 Å². The van der Waals surface area contributed by atoms with E-state index in [0.717, 1.165) is 49.3 Å². The summed E-state index contributed by atoms with van der Waals surface area (Å²) in [6, 6.07) is 23.8. The molecule has 1 atom stereocenters. The molecule has 3 nitrogen and oxygen atoms in total. The summed E-state index contributed by atoms with van der Waals surface area (Å²) in [5.41, 5.74) is 1.89. The first-order chi connectivity index (χ1) is 15.7. The van der Waals surface area contributed by atoms with E-state index in [2.05, 4.69) is 36.5 Å². The van der Waals surface area contributed by atoms with Gasteiger partial charge in [0.25, 0.3) is 0 Å². The average molecular weight is 426 g/mol. The van der Waals surface area contributed by atoms with Gasteiger partial charge in [0.15, 0.2) is 0 Å². The molecule has 0 bridgehead atoms. The topological polar surface area (TPSA) is 31.4 Å². The molecule has 0 radical (unpaired) electrons. The van der Waals surface area contributed by atoms with E-state index in [1.54, 1.807) is 6.08 Å². The Balaban J connectivity index is 1.66. The van der Waals surface area contributed by atoms with Crippen LogP contribution in [0.4, 0.5) is 0 Å². The molecule has 0 saturated heterocycles. The van der Waals surface area contributed by atoms with Crippen LogP contribution >= 0.6 is 0 Å². The molecule has 1 heterocycles. The molecule has 0 aliphatic heterocycles. The van der Waals surface area contributed by atoms with Crippen LogP contribution in [0.25, 0.3) is 0 Å². The van der Waals surface area contributed by atoms with Gasteiger partial charge >= 0.3 is 0 Å². The minimum atomic E-state index is -0.288. The monoisotopic (exact) mass is 425 g/mol. The maximum absolute atomic E-state index is 6.10. The maximum atomic E-state index is 6.10. The van der Waals surface area contributed by atoms with Crippen LogP contribution in [0.3, 0.4) is 0 Å². The zero-order chi connectivity index (χ0) is 22.7. The van der Waals surface area contributed by atoms with E-state index in [4.69, 9.17) is 15.9 Å². The summed E-state index contributed by atoms with van der Waals surface area (Å²) in [4.78, 5) is 4.67. The molecular weight excluding hydrogens is 394 g/mol. The molecule has 0 N–H and O–H groups in total. The number of pyridine rings is 1. The first kappa shape index (κ1) is 23.2. The molecule has 1 unspecified atom stereocenters. The van der Waals surface area contributed by atoms with E-state index in [9.17, 15) is 0 Å². The lowest BCUT2D eigenvalue weighted by atomic mass is 9.73. The van der Waals surface area contributed by atoms with Gasteiger partial charge in [-0.05, 0) is 61.6 Å². The summed E-state index contributed by atoms with van der Waals surface area (Å²) in [6.07, 6.45) is 12.5. The van der Waals surface area contributed by atoms with Crippen molar-refractivity contribution in [2.75, 3.05) is 6.61 Å². The van der Waals surface area contributed by atoms with Gasteiger partial charge in [-0.2, -0.15) is 0 Å². The average Bonchev–Trinajstić information content (AvgIpc) is 2.83. The van der Waals surface area contributed by atoms with Gasteiger partial charge in [0.1, 0.15) is 18.1 Å². The fourth-order valence-electron chi connectivity index (χ4n) is 3.93. The van der Waals surface area contributed by atoms with Gasteiger partial charge in [0.05, 0.1) is 5.41 Å². The smallest absolute Gasteiger partial charge is 0.219 e. The molecule has 3 heteroatoms. The molecular formula is C29H31NO2. The van der Waals surface area contributed by atoms with Crippen molar-refractivity contribution in [3.05, 3.63) is 96.7 Å². The predicted octanol–water partition coefficient (Wildman–Crippen LogP) is 7.13. The summed E-state index contributed by atoms with van der Waals surface area (Å²) in [6.45, 7) is 6.37. The molecule has 0 aliphatic rings. The SMILES string of the molecule is C#CC(CCC)(CCCc1cccc(Oc2ccccc2)n1)c1ccc(OCC=C)cc1. The molecule has 0 saturated carbocycles. The fraction of sp³-hybridized carbons (Fsp3) is 0.276. The summed E-state index contributed by atoms with van der Waals surface area (Å²) in [7, 11) is 0. The largest absolute Gasteiger partial charge is 0.490 e. The Kier molecular flexibility index (Phi) is 8.52. The van der Waals surface area contributed by atoms with Crippen LogP contribution < -0.4 is 9.47 Å². The third-order valence-electron chi connectivity index (χ3n) is 5.51. The van der Waals surface area contributed by atoms with Crippen molar-refractivity contribution >= 4 is 0 Å². The summed E-state index contributed by atoms with van der Waals surface area (Å²) in [5, 5.41) is 0. The second-order valence-electron chi connectivity index (χ2n) is 7.84. The molecule has 0 amide bonds. The number of terminal acetylenes is 1. The number of benzene rings is 2. The van der Waals surface area contributed by atoms with Crippen molar-refractivity contribution in [1.29, 1.82) is 0 Å². The van der Waals surface area contributed by atoms with E-state index in [0.29, 0.717) is 12.5 Å². The van der Waals surface area contributed by atoms with E-state index >= 15 is 0 Å². The van der Waals surface area contributed by atoms with Crippen LogP contribution in [0, 0.1) is 12.3 Å². The zero-order valence-electron chi connectivity index (χ0n) is 18.8. The first-order valence-electron chi connectivity index (χ1n) is 11.2. The molecule has 0 spiro atoms. The summed E-state index contributed by atoms with van der Waals surface area (Å²) in [5.74, 6) is 5.35. The summed E-state index contributed by atoms with van der Waals surface area (Å²) >= 11 is 0. The normalized spacial score (nSPS) is 12.4. The maximum Gasteiger partial charge on any atom is 0.219 e. The second-order valence-corrected chi connectivity index (χ2v) is 7.84. The highest BCUT2D eigenvalue weighted by atomic mass is 16.5. The lowest BCUT2D eigenvalue weighted by Gasteiger charge is -2.29. The molecule has 1 aromatic heterocycles. The van der Waals surface area contributed by atoms with Crippen LogP contribution in [0.2, 0.25) is 0 Å². The van der Waals surface area contributed by atoms with Crippen molar-refractivity contribution in [2.24, 2.45) is 0 Å². The highest BCUT2D eigenvalue weighted by Gasteiger charge is 2.28. The standard InChI is InChI=1S/C29H31NO2/c1-4-21-29(6-3,24-17-19-26(20-18-24)31-23-5-2)22-11-13-25-12-10-16-28(30-25)32-27-14-8-7-9-15-27/h3,5,7-10,12,14-20H,2,4,11,13,21-23H2,1H3.